The average molecular weight is 312 g/mol. The molecule has 1 saturated heterocycles. The summed E-state index contributed by atoms with van der Waals surface area (Å²) in [5.74, 6) is 1.69. The third-order valence-electron chi connectivity index (χ3n) is 3.88. The van der Waals surface area contributed by atoms with E-state index in [1.54, 1.807) is 43.8 Å². The summed E-state index contributed by atoms with van der Waals surface area (Å²) in [6.07, 6.45) is 6.90. The number of methoxy groups -OCH3 is 1. The predicted octanol–water partition coefficient (Wildman–Crippen LogP) is 2.73. The topological polar surface area (TPSA) is 67.3 Å². The molecular formula is C17H20N4O2. The Bertz CT molecular complexity index is 684. The second-order valence-electron chi connectivity index (χ2n) is 5.50. The van der Waals surface area contributed by atoms with Crippen LogP contribution in [0, 0.1) is 0 Å². The number of carbonyl (C=O) groups is 1. The van der Waals surface area contributed by atoms with Crippen molar-refractivity contribution in [2.45, 2.75) is 19.3 Å². The van der Waals surface area contributed by atoms with Crippen molar-refractivity contribution in [3.63, 3.8) is 0 Å². The van der Waals surface area contributed by atoms with Crippen molar-refractivity contribution >= 4 is 17.5 Å². The fourth-order valence-corrected chi connectivity index (χ4v) is 2.64. The van der Waals surface area contributed by atoms with Crippen LogP contribution in [0.1, 0.15) is 29.6 Å². The molecule has 0 atom stereocenters. The Kier molecular flexibility index (Phi) is 4.71. The second kappa shape index (κ2) is 7.09. The number of anilines is 2. The van der Waals surface area contributed by atoms with Crippen LogP contribution in [-0.4, -0.2) is 36.1 Å². The zero-order valence-electron chi connectivity index (χ0n) is 13.2. The zero-order chi connectivity index (χ0) is 16.1. The minimum atomic E-state index is -0.228. The number of hydrogen-bond donors (Lipinski definition) is 1. The van der Waals surface area contributed by atoms with Crippen LogP contribution in [0.5, 0.6) is 5.75 Å². The summed E-state index contributed by atoms with van der Waals surface area (Å²) in [6.45, 7) is 1.98. The number of hydrogen-bond acceptors (Lipinski definition) is 5. The van der Waals surface area contributed by atoms with Gasteiger partial charge in [-0.2, -0.15) is 0 Å². The molecule has 1 aliphatic heterocycles. The normalized spacial score (nSPS) is 14.4. The summed E-state index contributed by atoms with van der Waals surface area (Å²) in [7, 11) is 1.57. The van der Waals surface area contributed by atoms with Crippen molar-refractivity contribution < 1.29 is 9.53 Å². The Labute approximate surface area is 135 Å². The maximum atomic E-state index is 12.3. The van der Waals surface area contributed by atoms with E-state index in [9.17, 15) is 4.79 Å². The first-order chi connectivity index (χ1) is 11.3. The highest BCUT2D eigenvalue weighted by atomic mass is 16.5. The van der Waals surface area contributed by atoms with E-state index in [1.807, 2.05) is 0 Å². The Hall–Kier alpha value is -2.63. The van der Waals surface area contributed by atoms with Crippen LogP contribution in [0.25, 0.3) is 0 Å². The van der Waals surface area contributed by atoms with Gasteiger partial charge in [-0.1, -0.05) is 6.07 Å². The molecule has 1 aromatic heterocycles. The van der Waals surface area contributed by atoms with Crippen molar-refractivity contribution in [1.29, 1.82) is 0 Å². The number of carbonyl (C=O) groups excluding carboxylic acids is 1. The minimum absolute atomic E-state index is 0.228. The van der Waals surface area contributed by atoms with E-state index in [2.05, 4.69) is 20.2 Å². The monoisotopic (exact) mass is 312 g/mol. The summed E-state index contributed by atoms with van der Waals surface area (Å²) in [5.41, 5.74) is 0.523. The Morgan fingerprint density at radius 2 is 2.04 bits per heavy atom. The van der Waals surface area contributed by atoms with Gasteiger partial charge in [-0.25, -0.2) is 4.98 Å². The van der Waals surface area contributed by atoms with Crippen molar-refractivity contribution in [1.82, 2.24) is 9.97 Å². The highest BCUT2D eigenvalue weighted by Crippen LogP contribution is 2.19. The highest BCUT2D eigenvalue weighted by molar-refractivity contribution is 6.04. The quantitative estimate of drug-likeness (QED) is 0.940. The molecule has 6 heteroatoms. The molecule has 2 heterocycles. The van der Waals surface area contributed by atoms with Crippen molar-refractivity contribution in [2.75, 3.05) is 30.4 Å². The number of ether oxygens (including phenoxy) is 1. The van der Waals surface area contributed by atoms with Gasteiger partial charge in [0.1, 0.15) is 11.6 Å². The summed E-state index contributed by atoms with van der Waals surface area (Å²) >= 11 is 0. The van der Waals surface area contributed by atoms with Gasteiger partial charge in [-0.3, -0.25) is 9.78 Å². The van der Waals surface area contributed by atoms with Crippen molar-refractivity contribution in [2.24, 2.45) is 0 Å². The zero-order valence-corrected chi connectivity index (χ0v) is 13.2. The van der Waals surface area contributed by atoms with E-state index in [0.717, 1.165) is 18.9 Å². The summed E-state index contributed by atoms with van der Waals surface area (Å²) in [4.78, 5) is 23.2. The van der Waals surface area contributed by atoms with Gasteiger partial charge >= 0.3 is 0 Å². The number of amides is 1. The van der Waals surface area contributed by atoms with Crippen LogP contribution in [0.2, 0.25) is 0 Å². The van der Waals surface area contributed by atoms with Crippen LogP contribution >= 0.6 is 0 Å². The van der Waals surface area contributed by atoms with E-state index < -0.39 is 0 Å². The van der Waals surface area contributed by atoms with Crippen molar-refractivity contribution in [3.8, 4) is 5.75 Å². The lowest BCUT2D eigenvalue weighted by atomic mass is 10.1. The number of nitrogens with one attached hydrogen (secondary N) is 1. The van der Waals surface area contributed by atoms with Gasteiger partial charge in [0.25, 0.3) is 5.91 Å². The fraction of sp³-hybridized carbons (Fsp3) is 0.353. The van der Waals surface area contributed by atoms with Gasteiger partial charge in [0.15, 0.2) is 5.82 Å². The Morgan fingerprint density at radius 3 is 2.83 bits per heavy atom. The standard InChI is InChI=1S/C17H20N4O2/c1-23-14-7-5-6-13(10-14)17(22)20-15-11-18-12-16(19-15)21-8-3-2-4-9-21/h5-7,10-12H,2-4,8-9H2,1H3,(H,19,20,22). The Balaban J connectivity index is 1.73. The lowest BCUT2D eigenvalue weighted by Gasteiger charge is -2.27. The number of rotatable bonds is 4. The average Bonchev–Trinajstić information content (AvgIpc) is 2.63. The molecule has 2 aromatic rings. The maximum Gasteiger partial charge on any atom is 0.256 e. The third-order valence-corrected chi connectivity index (χ3v) is 3.88. The molecule has 1 N–H and O–H groups in total. The van der Waals surface area contributed by atoms with Crippen LogP contribution < -0.4 is 15.0 Å². The molecule has 120 valence electrons. The Morgan fingerprint density at radius 1 is 1.22 bits per heavy atom. The van der Waals surface area contributed by atoms with Crippen LogP contribution in [-0.2, 0) is 0 Å². The lowest BCUT2D eigenvalue weighted by molar-refractivity contribution is 0.102. The summed E-state index contributed by atoms with van der Waals surface area (Å²) in [6, 6.07) is 7.01. The largest absolute Gasteiger partial charge is 0.497 e. The third kappa shape index (κ3) is 3.77. The van der Waals surface area contributed by atoms with Crippen LogP contribution in [0.3, 0.4) is 0 Å². The molecule has 3 rings (SSSR count). The molecule has 0 aliphatic carbocycles. The number of nitrogens with zero attached hydrogens (tertiary/aromatic N) is 3. The first-order valence-electron chi connectivity index (χ1n) is 7.78. The first-order valence-corrected chi connectivity index (χ1v) is 7.78. The van der Waals surface area contributed by atoms with E-state index in [-0.39, 0.29) is 5.91 Å². The lowest BCUT2D eigenvalue weighted by Crippen LogP contribution is -2.30. The number of piperidine rings is 1. The van der Waals surface area contributed by atoms with Gasteiger partial charge in [0, 0.05) is 18.7 Å². The molecule has 0 radical (unpaired) electrons. The molecule has 1 aromatic carbocycles. The van der Waals surface area contributed by atoms with E-state index >= 15 is 0 Å². The SMILES string of the molecule is COc1cccc(C(=O)Nc2cncc(N3CCCCC3)n2)c1. The molecule has 1 aliphatic rings. The molecule has 23 heavy (non-hydrogen) atoms. The highest BCUT2D eigenvalue weighted by Gasteiger charge is 2.14. The smallest absolute Gasteiger partial charge is 0.256 e. The van der Waals surface area contributed by atoms with Crippen molar-refractivity contribution in [3.05, 3.63) is 42.2 Å². The maximum absolute atomic E-state index is 12.3. The molecular weight excluding hydrogens is 292 g/mol. The first kappa shape index (κ1) is 15.3. The predicted molar refractivity (Wildman–Crippen MR) is 89.0 cm³/mol. The summed E-state index contributed by atoms with van der Waals surface area (Å²) in [5, 5.41) is 2.79. The van der Waals surface area contributed by atoms with Gasteiger partial charge in [0.05, 0.1) is 19.5 Å². The molecule has 0 spiro atoms. The molecule has 0 saturated carbocycles. The van der Waals surface area contributed by atoms with E-state index in [0.29, 0.717) is 17.1 Å². The van der Waals surface area contributed by atoms with Crippen LogP contribution in [0.15, 0.2) is 36.7 Å². The number of benzene rings is 1. The molecule has 6 nitrogen and oxygen atoms in total. The van der Waals surface area contributed by atoms with Gasteiger partial charge in [-0.05, 0) is 37.5 Å². The summed E-state index contributed by atoms with van der Waals surface area (Å²) < 4.78 is 5.14. The van der Waals surface area contributed by atoms with E-state index in [1.165, 1.54) is 19.3 Å². The van der Waals surface area contributed by atoms with Gasteiger partial charge in [0.2, 0.25) is 0 Å². The number of aromatic nitrogens is 2. The molecule has 0 unspecified atom stereocenters. The molecule has 1 fully saturated rings. The minimum Gasteiger partial charge on any atom is -0.497 e. The molecule has 0 bridgehead atoms. The van der Waals surface area contributed by atoms with Gasteiger partial charge in [-0.15, -0.1) is 0 Å². The van der Waals surface area contributed by atoms with E-state index in [4.69, 9.17) is 4.74 Å². The fourth-order valence-electron chi connectivity index (χ4n) is 2.64. The molecule has 1 amide bonds. The van der Waals surface area contributed by atoms with Gasteiger partial charge < -0.3 is 15.0 Å². The second-order valence-corrected chi connectivity index (χ2v) is 5.50. The van der Waals surface area contributed by atoms with Crippen LogP contribution in [0.4, 0.5) is 11.6 Å².